The molecule has 0 heterocycles. The van der Waals surface area contributed by atoms with Crippen LogP contribution in [0.2, 0.25) is 0 Å². The number of carbonyl (C=O) groups is 2. The Morgan fingerprint density at radius 3 is 2.50 bits per heavy atom. The molecular weight excluding hydrogens is 230 g/mol. The van der Waals surface area contributed by atoms with E-state index in [0.717, 1.165) is 6.42 Å². The van der Waals surface area contributed by atoms with E-state index < -0.39 is 0 Å². The van der Waals surface area contributed by atoms with Crippen molar-refractivity contribution in [3.05, 3.63) is 29.8 Å². The van der Waals surface area contributed by atoms with E-state index >= 15 is 0 Å². The molecule has 0 radical (unpaired) electrons. The number of hydrogen-bond donors (Lipinski definition) is 2. The van der Waals surface area contributed by atoms with Crippen LogP contribution >= 0.6 is 0 Å². The van der Waals surface area contributed by atoms with Gasteiger partial charge in [0.05, 0.1) is 6.61 Å². The van der Waals surface area contributed by atoms with Crippen LogP contribution in [-0.4, -0.2) is 16.8 Å². The molecule has 0 aliphatic carbocycles. The van der Waals surface area contributed by atoms with Crippen LogP contribution in [0, 0.1) is 0 Å². The topological polar surface area (TPSA) is 66.4 Å². The Hall–Kier alpha value is -1.68. The van der Waals surface area contributed by atoms with E-state index in [0.29, 0.717) is 30.5 Å². The molecule has 0 atom stereocenters. The molecule has 98 valence electrons. The number of carbonyl (C=O) groups excluding carboxylic acids is 2. The predicted molar refractivity (Wildman–Crippen MR) is 70.1 cm³/mol. The first-order chi connectivity index (χ1) is 8.63. The summed E-state index contributed by atoms with van der Waals surface area (Å²) in [5.41, 5.74) is 1.35. The SMILES string of the molecule is CC(=O)CCCCC(=O)Nc1ccccc1CO. The Bertz CT molecular complexity index is 415. The van der Waals surface area contributed by atoms with Crippen LogP contribution in [0.4, 0.5) is 5.69 Å². The molecule has 1 aromatic rings. The smallest absolute Gasteiger partial charge is 0.224 e. The van der Waals surface area contributed by atoms with Crippen LogP contribution in [-0.2, 0) is 16.2 Å². The summed E-state index contributed by atoms with van der Waals surface area (Å²) in [7, 11) is 0. The van der Waals surface area contributed by atoms with Gasteiger partial charge in [-0.2, -0.15) is 0 Å². The lowest BCUT2D eigenvalue weighted by Gasteiger charge is -2.08. The van der Waals surface area contributed by atoms with Crippen molar-refractivity contribution in [3.63, 3.8) is 0 Å². The average Bonchev–Trinajstić information content (AvgIpc) is 2.35. The number of para-hydroxylation sites is 1. The zero-order valence-electron chi connectivity index (χ0n) is 10.6. The van der Waals surface area contributed by atoms with Crippen molar-refractivity contribution in [1.29, 1.82) is 0 Å². The number of aliphatic hydroxyl groups is 1. The van der Waals surface area contributed by atoms with Crippen molar-refractivity contribution in [2.45, 2.75) is 39.2 Å². The fourth-order valence-corrected chi connectivity index (χ4v) is 1.65. The third-order valence-corrected chi connectivity index (χ3v) is 2.64. The summed E-state index contributed by atoms with van der Waals surface area (Å²) >= 11 is 0. The van der Waals surface area contributed by atoms with Crippen molar-refractivity contribution in [3.8, 4) is 0 Å². The highest BCUT2D eigenvalue weighted by atomic mass is 16.3. The van der Waals surface area contributed by atoms with E-state index in [-0.39, 0.29) is 18.3 Å². The highest BCUT2D eigenvalue weighted by Crippen LogP contribution is 2.15. The van der Waals surface area contributed by atoms with Gasteiger partial charge in [-0.05, 0) is 25.8 Å². The number of nitrogens with one attached hydrogen (secondary N) is 1. The van der Waals surface area contributed by atoms with Gasteiger partial charge in [-0.1, -0.05) is 18.2 Å². The number of aliphatic hydroxyl groups excluding tert-OH is 1. The Labute approximate surface area is 107 Å². The summed E-state index contributed by atoms with van der Waals surface area (Å²) in [4.78, 5) is 22.4. The normalized spacial score (nSPS) is 10.1. The average molecular weight is 249 g/mol. The first kappa shape index (κ1) is 14.4. The van der Waals surface area contributed by atoms with Crippen LogP contribution < -0.4 is 5.32 Å². The molecule has 0 saturated heterocycles. The number of amides is 1. The summed E-state index contributed by atoms with van der Waals surface area (Å²) in [6.07, 6.45) is 2.37. The molecule has 1 rings (SSSR count). The fourth-order valence-electron chi connectivity index (χ4n) is 1.65. The molecule has 0 aliphatic rings. The van der Waals surface area contributed by atoms with E-state index in [1.165, 1.54) is 0 Å². The van der Waals surface area contributed by atoms with Crippen molar-refractivity contribution in [1.82, 2.24) is 0 Å². The molecule has 1 aromatic carbocycles. The van der Waals surface area contributed by atoms with Gasteiger partial charge in [-0.15, -0.1) is 0 Å². The molecule has 0 fully saturated rings. The number of hydrogen-bond acceptors (Lipinski definition) is 3. The second-order valence-electron chi connectivity index (χ2n) is 4.27. The van der Waals surface area contributed by atoms with Gasteiger partial charge in [0, 0.05) is 24.1 Å². The lowest BCUT2D eigenvalue weighted by molar-refractivity contribution is -0.118. The van der Waals surface area contributed by atoms with Crippen molar-refractivity contribution >= 4 is 17.4 Å². The van der Waals surface area contributed by atoms with E-state index in [4.69, 9.17) is 5.11 Å². The number of benzene rings is 1. The van der Waals surface area contributed by atoms with Gasteiger partial charge in [0.25, 0.3) is 0 Å². The molecular formula is C14H19NO3. The number of anilines is 1. The largest absolute Gasteiger partial charge is 0.392 e. The van der Waals surface area contributed by atoms with Gasteiger partial charge in [-0.3, -0.25) is 4.79 Å². The van der Waals surface area contributed by atoms with Crippen LogP contribution in [0.3, 0.4) is 0 Å². The van der Waals surface area contributed by atoms with Crippen molar-refractivity contribution in [2.24, 2.45) is 0 Å². The molecule has 0 aliphatic heterocycles. The van der Waals surface area contributed by atoms with Gasteiger partial charge in [0.1, 0.15) is 5.78 Å². The molecule has 2 N–H and O–H groups in total. The number of ketones is 1. The number of unbranched alkanes of at least 4 members (excludes halogenated alkanes) is 1. The summed E-state index contributed by atoms with van der Waals surface area (Å²) in [5, 5.41) is 11.9. The quantitative estimate of drug-likeness (QED) is 0.728. The van der Waals surface area contributed by atoms with Gasteiger partial charge in [0.15, 0.2) is 0 Å². The lowest BCUT2D eigenvalue weighted by Crippen LogP contribution is -2.12. The first-order valence-corrected chi connectivity index (χ1v) is 6.11. The van der Waals surface area contributed by atoms with E-state index in [2.05, 4.69) is 5.32 Å². The van der Waals surface area contributed by atoms with Gasteiger partial charge in [0.2, 0.25) is 5.91 Å². The molecule has 0 spiro atoms. The highest BCUT2D eigenvalue weighted by Gasteiger charge is 2.05. The zero-order valence-corrected chi connectivity index (χ0v) is 10.6. The van der Waals surface area contributed by atoms with E-state index in [1.807, 2.05) is 12.1 Å². The molecule has 0 saturated carbocycles. The summed E-state index contributed by atoms with van der Waals surface area (Å²) in [6.45, 7) is 1.46. The monoisotopic (exact) mass is 249 g/mol. The minimum atomic E-state index is -0.0964. The van der Waals surface area contributed by atoms with Crippen LogP contribution in [0.1, 0.15) is 38.2 Å². The third-order valence-electron chi connectivity index (χ3n) is 2.64. The zero-order chi connectivity index (χ0) is 13.4. The first-order valence-electron chi connectivity index (χ1n) is 6.11. The highest BCUT2D eigenvalue weighted by molar-refractivity contribution is 5.91. The summed E-state index contributed by atoms with van der Waals surface area (Å²) in [5.74, 6) is 0.0699. The van der Waals surface area contributed by atoms with Crippen molar-refractivity contribution < 1.29 is 14.7 Å². The molecule has 18 heavy (non-hydrogen) atoms. The summed E-state index contributed by atoms with van der Waals surface area (Å²) < 4.78 is 0. The number of Topliss-reactive ketones (excluding diaryl/α,β-unsaturated/α-hetero) is 1. The van der Waals surface area contributed by atoms with Gasteiger partial charge >= 0.3 is 0 Å². The third kappa shape index (κ3) is 5.10. The predicted octanol–water partition coefficient (Wildman–Crippen LogP) is 2.27. The lowest BCUT2D eigenvalue weighted by atomic mass is 10.1. The maximum Gasteiger partial charge on any atom is 0.224 e. The summed E-state index contributed by atoms with van der Waals surface area (Å²) in [6, 6.07) is 7.16. The van der Waals surface area contributed by atoms with Crippen molar-refractivity contribution in [2.75, 3.05) is 5.32 Å². The van der Waals surface area contributed by atoms with Crippen LogP contribution in [0.5, 0.6) is 0 Å². The van der Waals surface area contributed by atoms with Gasteiger partial charge < -0.3 is 15.2 Å². The molecule has 1 amide bonds. The van der Waals surface area contributed by atoms with E-state index in [9.17, 15) is 9.59 Å². The minimum Gasteiger partial charge on any atom is -0.392 e. The maximum atomic E-state index is 11.6. The second kappa shape index (κ2) is 7.61. The Kier molecular flexibility index (Phi) is 6.08. The molecule has 4 nitrogen and oxygen atoms in total. The minimum absolute atomic E-state index is 0.0838. The second-order valence-corrected chi connectivity index (χ2v) is 4.27. The molecule has 0 unspecified atom stereocenters. The van der Waals surface area contributed by atoms with Crippen LogP contribution in [0.25, 0.3) is 0 Å². The fraction of sp³-hybridized carbons (Fsp3) is 0.429. The Morgan fingerprint density at radius 2 is 1.83 bits per heavy atom. The van der Waals surface area contributed by atoms with Crippen LogP contribution in [0.15, 0.2) is 24.3 Å². The number of rotatable bonds is 7. The maximum absolute atomic E-state index is 11.6. The molecule has 4 heteroatoms. The molecule has 0 bridgehead atoms. The van der Waals surface area contributed by atoms with Gasteiger partial charge in [-0.25, -0.2) is 0 Å². The Balaban J connectivity index is 2.37. The Morgan fingerprint density at radius 1 is 1.17 bits per heavy atom. The van der Waals surface area contributed by atoms with E-state index in [1.54, 1.807) is 19.1 Å². The standard InChI is InChI=1S/C14H19NO3/c1-11(17)6-2-5-9-14(18)15-13-8-4-3-7-12(13)10-16/h3-4,7-8,16H,2,5-6,9-10H2,1H3,(H,15,18). The molecule has 0 aromatic heterocycles.